The second kappa shape index (κ2) is 8.27. The van der Waals surface area contributed by atoms with Crippen LogP contribution < -0.4 is 10.0 Å². The van der Waals surface area contributed by atoms with E-state index in [1.807, 2.05) is 13.0 Å². The molecule has 0 aliphatic rings. The molecule has 0 saturated heterocycles. The summed E-state index contributed by atoms with van der Waals surface area (Å²) in [4.78, 5) is 1.10. The summed E-state index contributed by atoms with van der Waals surface area (Å²) in [5.74, 6) is 0.328. The highest BCUT2D eigenvalue weighted by atomic mass is 32.2. The van der Waals surface area contributed by atoms with Gasteiger partial charge in [-0.2, -0.15) is 0 Å². The van der Waals surface area contributed by atoms with Gasteiger partial charge in [0.25, 0.3) is 0 Å². The molecule has 0 saturated carbocycles. The number of hydrogen-bond donors (Lipinski definition) is 2. The lowest BCUT2D eigenvalue weighted by Crippen LogP contribution is -2.36. The summed E-state index contributed by atoms with van der Waals surface area (Å²) in [6.45, 7) is 11.1. The normalized spacial score (nSPS) is 15.3. The second-order valence-electron chi connectivity index (χ2n) is 5.88. The van der Waals surface area contributed by atoms with Crippen LogP contribution in [0.15, 0.2) is 16.3 Å². The fraction of sp³-hybridized carbons (Fsp3) is 0.733. The standard InChI is InChI=1S/C15H28N2O2S2/c1-6-12(4)13(5)17-21(18,19)15-8-7-14(20-15)9-10-16-11(2)3/h7-8,11-13,16-17H,6,9-10H2,1-5H3. The number of thiophene rings is 1. The van der Waals surface area contributed by atoms with E-state index < -0.39 is 10.0 Å². The number of nitrogens with one attached hydrogen (secondary N) is 2. The van der Waals surface area contributed by atoms with Gasteiger partial charge in [0.1, 0.15) is 4.21 Å². The fourth-order valence-corrected chi connectivity index (χ4v) is 4.62. The van der Waals surface area contributed by atoms with Crippen molar-refractivity contribution in [2.75, 3.05) is 6.54 Å². The molecule has 2 N–H and O–H groups in total. The molecule has 21 heavy (non-hydrogen) atoms. The van der Waals surface area contributed by atoms with Gasteiger partial charge >= 0.3 is 0 Å². The topological polar surface area (TPSA) is 58.2 Å². The molecule has 2 unspecified atom stereocenters. The first-order chi connectivity index (χ1) is 9.76. The van der Waals surface area contributed by atoms with Gasteiger partial charge in [-0.05, 0) is 31.4 Å². The van der Waals surface area contributed by atoms with Gasteiger partial charge in [0, 0.05) is 23.5 Å². The van der Waals surface area contributed by atoms with Gasteiger partial charge in [-0.25, -0.2) is 13.1 Å². The van der Waals surface area contributed by atoms with E-state index in [9.17, 15) is 8.42 Å². The van der Waals surface area contributed by atoms with Gasteiger partial charge in [0.2, 0.25) is 10.0 Å². The van der Waals surface area contributed by atoms with E-state index in [1.54, 1.807) is 6.07 Å². The minimum atomic E-state index is -3.39. The molecule has 0 aliphatic heterocycles. The first kappa shape index (κ1) is 18.6. The summed E-state index contributed by atoms with van der Waals surface area (Å²) in [6, 6.07) is 4.02. The van der Waals surface area contributed by atoms with E-state index in [-0.39, 0.29) is 6.04 Å². The number of sulfonamides is 1. The molecule has 1 rings (SSSR count). The van der Waals surface area contributed by atoms with E-state index in [1.165, 1.54) is 11.3 Å². The average molecular weight is 333 g/mol. The van der Waals surface area contributed by atoms with E-state index in [0.717, 1.165) is 24.3 Å². The van der Waals surface area contributed by atoms with Crippen LogP contribution in [-0.4, -0.2) is 27.0 Å². The molecule has 0 spiro atoms. The second-order valence-corrected chi connectivity index (χ2v) is 8.98. The molecule has 0 amide bonds. The minimum Gasteiger partial charge on any atom is -0.314 e. The van der Waals surface area contributed by atoms with Crippen molar-refractivity contribution in [1.29, 1.82) is 0 Å². The van der Waals surface area contributed by atoms with Crippen LogP contribution in [0.3, 0.4) is 0 Å². The highest BCUT2D eigenvalue weighted by Gasteiger charge is 2.21. The molecule has 0 fully saturated rings. The highest BCUT2D eigenvalue weighted by Crippen LogP contribution is 2.23. The van der Waals surface area contributed by atoms with Crippen molar-refractivity contribution in [1.82, 2.24) is 10.0 Å². The zero-order valence-corrected chi connectivity index (χ0v) is 15.3. The molecule has 1 heterocycles. The Kier molecular flexibility index (Phi) is 7.33. The van der Waals surface area contributed by atoms with Crippen LogP contribution in [-0.2, 0) is 16.4 Å². The Labute approximate surface area is 133 Å². The maximum absolute atomic E-state index is 12.3. The zero-order chi connectivity index (χ0) is 16.0. The summed E-state index contributed by atoms with van der Waals surface area (Å²) < 4.78 is 27.9. The number of rotatable bonds is 9. The smallest absolute Gasteiger partial charge is 0.250 e. The Morgan fingerprint density at radius 2 is 1.86 bits per heavy atom. The van der Waals surface area contributed by atoms with Crippen LogP contribution in [0.5, 0.6) is 0 Å². The van der Waals surface area contributed by atoms with E-state index in [0.29, 0.717) is 16.2 Å². The molecule has 2 atom stereocenters. The Bertz CT molecular complexity index is 524. The average Bonchev–Trinajstić information content (AvgIpc) is 2.86. The fourth-order valence-electron chi connectivity index (χ4n) is 1.89. The molecule has 0 aromatic carbocycles. The lowest BCUT2D eigenvalue weighted by atomic mass is 10.0. The van der Waals surface area contributed by atoms with Gasteiger partial charge in [-0.3, -0.25) is 0 Å². The molecule has 1 aromatic rings. The Balaban J connectivity index is 2.65. The summed E-state index contributed by atoms with van der Waals surface area (Å²) in [6.07, 6.45) is 1.82. The van der Waals surface area contributed by atoms with Gasteiger partial charge in [0.15, 0.2) is 0 Å². The van der Waals surface area contributed by atoms with Crippen LogP contribution in [0.2, 0.25) is 0 Å². The first-order valence-corrected chi connectivity index (χ1v) is 9.90. The zero-order valence-electron chi connectivity index (χ0n) is 13.6. The van der Waals surface area contributed by atoms with E-state index in [2.05, 4.69) is 37.7 Å². The van der Waals surface area contributed by atoms with Crippen molar-refractivity contribution in [2.45, 2.75) is 63.8 Å². The molecule has 122 valence electrons. The maximum Gasteiger partial charge on any atom is 0.250 e. The first-order valence-electron chi connectivity index (χ1n) is 7.60. The van der Waals surface area contributed by atoms with Crippen LogP contribution in [0.25, 0.3) is 0 Å². The Morgan fingerprint density at radius 3 is 2.43 bits per heavy atom. The molecule has 0 aliphatic carbocycles. The van der Waals surface area contributed by atoms with Crippen molar-refractivity contribution < 1.29 is 8.42 Å². The number of hydrogen-bond acceptors (Lipinski definition) is 4. The van der Waals surface area contributed by atoms with Crippen molar-refractivity contribution in [2.24, 2.45) is 5.92 Å². The van der Waals surface area contributed by atoms with Crippen molar-refractivity contribution >= 4 is 21.4 Å². The quantitative estimate of drug-likeness (QED) is 0.731. The van der Waals surface area contributed by atoms with Crippen LogP contribution >= 0.6 is 11.3 Å². The van der Waals surface area contributed by atoms with Crippen molar-refractivity contribution in [3.63, 3.8) is 0 Å². The van der Waals surface area contributed by atoms with E-state index in [4.69, 9.17) is 0 Å². The predicted octanol–water partition coefficient (Wildman–Crippen LogP) is 3.00. The van der Waals surface area contributed by atoms with Gasteiger partial charge in [-0.1, -0.05) is 34.1 Å². The van der Waals surface area contributed by atoms with Crippen LogP contribution in [0, 0.1) is 5.92 Å². The molecule has 1 aromatic heterocycles. The summed E-state index contributed by atoms with van der Waals surface area (Å²) in [5.41, 5.74) is 0. The molecule has 6 heteroatoms. The lowest BCUT2D eigenvalue weighted by Gasteiger charge is -2.19. The highest BCUT2D eigenvalue weighted by molar-refractivity contribution is 7.91. The van der Waals surface area contributed by atoms with E-state index >= 15 is 0 Å². The molecular formula is C15H28N2O2S2. The summed E-state index contributed by atoms with van der Waals surface area (Å²) >= 11 is 1.36. The summed E-state index contributed by atoms with van der Waals surface area (Å²) in [7, 11) is -3.39. The SMILES string of the molecule is CCC(C)C(C)NS(=O)(=O)c1ccc(CCNC(C)C)s1. The van der Waals surface area contributed by atoms with Gasteiger partial charge in [-0.15, -0.1) is 11.3 Å². The molecular weight excluding hydrogens is 304 g/mol. The largest absolute Gasteiger partial charge is 0.314 e. The van der Waals surface area contributed by atoms with Crippen LogP contribution in [0.1, 0.15) is 45.9 Å². The van der Waals surface area contributed by atoms with Crippen LogP contribution in [0.4, 0.5) is 0 Å². The maximum atomic E-state index is 12.3. The third kappa shape index (κ3) is 6.06. The van der Waals surface area contributed by atoms with Crippen molar-refractivity contribution in [3.8, 4) is 0 Å². The van der Waals surface area contributed by atoms with Gasteiger partial charge in [0.05, 0.1) is 0 Å². The Hall–Kier alpha value is -0.430. The third-order valence-corrected chi connectivity index (χ3v) is 6.86. The Morgan fingerprint density at radius 1 is 1.19 bits per heavy atom. The predicted molar refractivity (Wildman–Crippen MR) is 90.4 cm³/mol. The monoisotopic (exact) mass is 332 g/mol. The molecule has 4 nitrogen and oxygen atoms in total. The molecule has 0 bridgehead atoms. The lowest BCUT2D eigenvalue weighted by molar-refractivity contribution is 0.434. The third-order valence-electron chi connectivity index (χ3n) is 3.66. The van der Waals surface area contributed by atoms with Crippen molar-refractivity contribution in [3.05, 3.63) is 17.0 Å². The molecule has 0 radical (unpaired) electrons. The van der Waals surface area contributed by atoms with Gasteiger partial charge < -0.3 is 5.32 Å². The minimum absolute atomic E-state index is 0.0480. The summed E-state index contributed by atoms with van der Waals surface area (Å²) in [5, 5.41) is 3.34.